The molecule has 0 saturated heterocycles. The molecule has 1 aliphatic rings. The van der Waals surface area contributed by atoms with Crippen molar-refractivity contribution in [2.75, 3.05) is 14.2 Å². The Kier molecular flexibility index (Phi) is 5.52. The van der Waals surface area contributed by atoms with Crippen LogP contribution >= 0.6 is 11.6 Å². The zero-order chi connectivity index (χ0) is 22.9. The third-order valence-electron chi connectivity index (χ3n) is 5.94. The molecule has 1 amide bonds. The molecule has 0 radical (unpaired) electrons. The van der Waals surface area contributed by atoms with Crippen LogP contribution in [0.25, 0.3) is 11.3 Å². The van der Waals surface area contributed by atoms with Gasteiger partial charge in [0, 0.05) is 34.3 Å². The Labute approximate surface area is 196 Å². The molecule has 0 fully saturated rings. The Hall–Kier alpha value is -3.77. The first-order valence-corrected chi connectivity index (χ1v) is 10.9. The lowest BCUT2D eigenvalue weighted by Gasteiger charge is -2.28. The highest BCUT2D eigenvalue weighted by Gasteiger charge is 2.43. The highest BCUT2D eigenvalue weighted by Crippen LogP contribution is 2.46. The van der Waals surface area contributed by atoms with Gasteiger partial charge in [0.2, 0.25) is 0 Å². The molecule has 6 nitrogen and oxygen atoms in total. The summed E-state index contributed by atoms with van der Waals surface area (Å²) in [5.74, 6) is 1.17. The number of ether oxygens (including phenoxy) is 2. The molecule has 0 saturated carbocycles. The Bertz CT molecular complexity index is 1320. The maximum atomic E-state index is 13.6. The first-order chi connectivity index (χ1) is 16.1. The molecule has 0 spiro atoms. The number of hydrogen-bond donors (Lipinski definition) is 1. The summed E-state index contributed by atoms with van der Waals surface area (Å²) >= 11 is 6.46. The van der Waals surface area contributed by atoms with Crippen molar-refractivity contribution in [2.24, 2.45) is 0 Å². The summed E-state index contributed by atoms with van der Waals surface area (Å²) in [4.78, 5) is 15.4. The van der Waals surface area contributed by atoms with Crippen molar-refractivity contribution < 1.29 is 14.3 Å². The molecule has 0 bridgehead atoms. The summed E-state index contributed by atoms with van der Waals surface area (Å²) in [5, 5.41) is 8.12. The molecule has 0 aliphatic carbocycles. The summed E-state index contributed by atoms with van der Waals surface area (Å²) in [6, 6.07) is 22.6. The van der Waals surface area contributed by atoms with E-state index in [9.17, 15) is 4.79 Å². The van der Waals surface area contributed by atoms with Crippen LogP contribution in [0.2, 0.25) is 5.02 Å². The van der Waals surface area contributed by atoms with Gasteiger partial charge in [0.1, 0.15) is 17.2 Å². The van der Waals surface area contributed by atoms with Gasteiger partial charge >= 0.3 is 0 Å². The van der Waals surface area contributed by atoms with Gasteiger partial charge in [0.05, 0.1) is 26.0 Å². The molecule has 1 aromatic heterocycles. The van der Waals surface area contributed by atoms with Crippen molar-refractivity contribution in [3.05, 3.63) is 100 Å². The number of hydrogen-bond acceptors (Lipinski definition) is 4. The second-order valence-electron chi connectivity index (χ2n) is 7.76. The number of carbonyl (C=O) groups excluding carboxylic acids is 1. The number of carbonyl (C=O) groups is 1. The van der Waals surface area contributed by atoms with Crippen molar-refractivity contribution >= 4 is 17.5 Å². The number of nitrogens with one attached hydrogen (secondary N) is 1. The minimum atomic E-state index is -0.418. The number of rotatable bonds is 6. The largest absolute Gasteiger partial charge is 0.497 e. The van der Waals surface area contributed by atoms with E-state index in [-0.39, 0.29) is 5.91 Å². The van der Waals surface area contributed by atoms with E-state index in [1.165, 1.54) is 0 Å². The summed E-state index contributed by atoms with van der Waals surface area (Å²) in [5.41, 5.74) is 4.68. The molecule has 33 heavy (non-hydrogen) atoms. The van der Waals surface area contributed by atoms with Crippen molar-refractivity contribution in [3.8, 4) is 22.8 Å². The lowest BCUT2D eigenvalue weighted by Crippen LogP contribution is -2.29. The molecular weight excluding hydrogens is 438 g/mol. The normalized spacial score (nSPS) is 14.9. The number of amides is 1. The fourth-order valence-corrected chi connectivity index (χ4v) is 4.55. The number of fused-ring (bicyclic) bond motifs is 1. The second-order valence-corrected chi connectivity index (χ2v) is 8.17. The number of H-pyrrole nitrogens is 1. The summed E-state index contributed by atoms with van der Waals surface area (Å²) in [6.45, 7) is 0.342. The van der Waals surface area contributed by atoms with E-state index in [1.54, 1.807) is 19.1 Å². The van der Waals surface area contributed by atoms with Crippen LogP contribution in [0.5, 0.6) is 11.5 Å². The first-order valence-electron chi connectivity index (χ1n) is 10.5. The molecule has 5 rings (SSSR count). The van der Waals surface area contributed by atoms with E-state index in [2.05, 4.69) is 10.2 Å². The zero-order valence-corrected chi connectivity index (χ0v) is 19.0. The standard InChI is InChI=1S/C26H22ClN3O3/c1-32-18-12-13-19(21(14-18)33-2)25-22-23(16-8-4-3-5-9-16)28-29-24(22)26(31)30(25)15-17-10-6-7-11-20(17)27/h3-14,25H,15H2,1-2H3,(H,28,29). The van der Waals surface area contributed by atoms with Crippen LogP contribution in [0.3, 0.4) is 0 Å². The van der Waals surface area contributed by atoms with Crippen molar-refractivity contribution in [1.29, 1.82) is 0 Å². The van der Waals surface area contributed by atoms with Crippen LogP contribution in [-0.4, -0.2) is 35.2 Å². The van der Waals surface area contributed by atoms with Gasteiger partial charge in [-0.05, 0) is 23.8 Å². The van der Waals surface area contributed by atoms with E-state index in [0.29, 0.717) is 28.8 Å². The molecule has 1 unspecified atom stereocenters. The van der Waals surface area contributed by atoms with Crippen molar-refractivity contribution in [2.45, 2.75) is 12.6 Å². The van der Waals surface area contributed by atoms with E-state index in [0.717, 1.165) is 27.9 Å². The fourth-order valence-electron chi connectivity index (χ4n) is 4.35. The van der Waals surface area contributed by atoms with E-state index >= 15 is 0 Å². The highest BCUT2D eigenvalue weighted by atomic mass is 35.5. The average Bonchev–Trinajstić information content (AvgIpc) is 3.40. The number of aromatic amines is 1. The van der Waals surface area contributed by atoms with Crippen LogP contribution in [-0.2, 0) is 6.54 Å². The highest BCUT2D eigenvalue weighted by molar-refractivity contribution is 6.31. The maximum Gasteiger partial charge on any atom is 0.273 e. The van der Waals surface area contributed by atoms with Crippen LogP contribution in [0.15, 0.2) is 72.8 Å². The summed E-state index contributed by atoms with van der Waals surface area (Å²) in [6.07, 6.45) is 0. The molecule has 1 N–H and O–H groups in total. The molecule has 3 aromatic carbocycles. The quantitative estimate of drug-likeness (QED) is 0.414. The van der Waals surface area contributed by atoms with Crippen LogP contribution in [0, 0.1) is 0 Å². The summed E-state index contributed by atoms with van der Waals surface area (Å²) in [7, 11) is 3.22. The molecular formula is C26H22ClN3O3. The third kappa shape index (κ3) is 3.62. The van der Waals surface area contributed by atoms with Gasteiger partial charge in [-0.1, -0.05) is 60.1 Å². The van der Waals surface area contributed by atoms with E-state index in [4.69, 9.17) is 21.1 Å². The molecule has 1 atom stereocenters. The predicted octanol–water partition coefficient (Wildman–Crippen LogP) is 5.49. The van der Waals surface area contributed by atoms with Gasteiger partial charge in [-0.3, -0.25) is 9.89 Å². The van der Waals surface area contributed by atoms with Gasteiger partial charge in [0.25, 0.3) is 5.91 Å². The summed E-state index contributed by atoms with van der Waals surface area (Å²) < 4.78 is 11.1. The van der Waals surface area contributed by atoms with Gasteiger partial charge in [-0.25, -0.2) is 0 Å². The van der Waals surface area contributed by atoms with Gasteiger partial charge < -0.3 is 14.4 Å². The number of benzene rings is 3. The number of aromatic nitrogens is 2. The monoisotopic (exact) mass is 459 g/mol. The molecule has 4 aromatic rings. The minimum absolute atomic E-state index is 0.137. The Morgan fingerprint density at radius 1 is 1.00 bits per heavy atom. The number of halogens is 1. The smallest absolute Gasteiger partial charge is 0.273 e. The average molecular weight is 460 g/mol. The Morgan fingerprint density at radius 3 is 2.48 bits per heavy atom. The fraction of sp³-hybridized carbons (Fsp3) is 0.154. The lowest BCUT2D eigenvalue weighted by molar-refractivity contribution is 0.0728. The van der Waals surface area contributed by atoms with Crippen molar-refractivity contribution in [1.82, 2.24) is 15.1 Å². The zero-order valence-electron chi connectivity index (χ0n) is 18.2. The third-order valence-corrected chi connectivity index (χ3v) is 6.31. The van der Waals surface area contributed by atoms with Gasteiger partial charge in [0.15, 0.2) is 0 Å². The van der Waals surface area contributed by atoms with E-state index in [1.807, 2.05) is 72.8 Å². The van der Waals surface area contributed by atoms with Gasteiger partial charge in [-0.15, -0.1) is 0 Å². The topological polar surface area (TPSA) is 67.5 Å². The second kappa shape index (κ2) is 8.64. The number of nitrogens with zero attached hydrogens (tertiary/aromatic N) is 2. The molecule has 166 valence electrons. The predicted molar refractivity (Wildman–Crippen MR) is 127 cm³/mol. The van der Waals surface area contributed by atoms with E-state index < -0.39 is 6.04 Å². The van der Waals surface area contributed by atoms with Crippen LogP contribution < -0.4 is 9.47 Å². The van der Waals surface area contributed by atoms with Gasteiger partial charge in [-0.2, -0.15) is 5.10 Å². The lowest BCUT2D eigenvalue weighted by atomic mass is 9.95. The Morgan fingerprint density at radius 2 is 1.76 bits per heavy atom. The molecule has 2 heterocycles. The first kappa shape index (κ1) is 21.1. The Balaban J connectivity index is 1.70. The van der Waals surface area contributed by atoms with Crippen LogP contribution in [0.4, 0.5) is 0 Å². The minimum Gasteiger partial charge on any atom is -0.497 e. The number of methoxy groups -OCH3 is 2. The van der Waals surface area contributed by atoms with Crippen molar-refractivity contribution in [3.63, 3.8) is 0 Å². The SMILES string of the molecule is COc1ccc(C2c3c(-c4ccccc4)n[nH]c3C(=O)N2Cc2ccccc2Cl)c(OC)c1. The maximum absolute atomic E-state index is 13.6. The molecule has 7 heteroatoms. The molecule has 1 aliphatic heterocycles. The van der Waals surface area contributed by atoms with Crippen LogP contribution in [0.1, 0.15) is 33.2 Å².